The second kappa shape index (κ2) is 11.3. The third-order valence-corrected chi connectivity index (χ3v) is 5.87. The minimum absolute atomic E-state index is 0.0329. The highest BCUT2D eigenvalue weighted by atomic mass is 79.9. The monoisotopic (exact) mass is 475 g/mol. The first-order valence-electron chi connectivity index (χ1n) is 10.6. The number of carbonyl (C=O) groups is 1. The molecule has 30 heavy (non-hydrogen) atoms. The first kappa shape index (κ1) is 22.6. The molecule has 0 bridgehead atoms. The predicted molar refractivity (Wildman–Crippen MR) is 121 cm³/mol. The van der Waals surface area contributed by atoms with Gasteiger partial charge in [0, 0.05) is 36.3 Å². The molecule has 2 heterocycles. The summed E-state index contributed by atoms with van der Waals surface area (Å²) in [5, 5.41) is 3.20. The van der Waals surface area contributed by atoms with Gasteiger partial charge in [-0.3, -0.25) is 14.7 Å². The fourth-order valence-electron chi connectivity index (χ4n) is 3.66. The number of hydrogen-bond acceptors (Lipinski definition) is 5. The van der Waals surface area contributed by atoms with E-state index in [4.69, 9.17) is 9.47 Å². The van der Waals surface area contributed by atoms with E-state index in [0.717, 1.165) is 48.2 Å². The molecule has 0 atom stereocenters. The normalized spacial score (nSPS) is 15.0. The number of benzene rings is 1. The van der Waals surface area contributed by atoms with Crippen LogP contribution in [0.25, 0.3) is 0 Å². The summed E-state index contributed by atoms with van der Waals surface area (Å²) in [5.74, 6) is 1.40. The van der Waals surface area contributed by atoms with Crippen LogP contribution in [0.5, 0.6) is 11.5 Å². The fraction of sp³-hybridized carbons (Fsp3) is 0.478. The van der Waals surface area contributed by atoms with Gasteiger partial charge in [-0.25, -0.2) is 0 Å². The van der Waals surface area contributed by atoms with Crippen molar-refractivity contribution < 1.29 is 14.3 Å². The molecule has 3 rings (SSSR count). The van der Waals surface area contributed by atoms with Gasteiger partial charge in [0.05, 0.1) is 25.3 Å². The van der Waals surface area contributed by atoms with Crippen molar-refractivity contribution in [2.45, 2.75) is 45.7 Å². The number of carbonyl (C=O) groups excluding carboxylic acids is 1. The molecule has 2 aromatic rings. The molecule has 0 spiro atoms. The third-order valence-electron chi connectivity index (χ3n) is 5.13. The Bertz CT molecular complexity index is 824. The summed E-state index contributed by atoms with van der Waals surface area (Å²) in [7, 11) is 0. The van der Waals surface area contributed by atoms with Crippen molar-refractivity contribution in [2.24, 2.45) is 0 Å². The van der Waals surface area contributed by atoms with Gasteiger partial charge < -0.3 is 14.8 Å². The first-order chi connectivity index (χ1) is 14.6. The van der Waals surface area contributed by atoms with Crippen molar-refractivity contribution >= 4 is 21.8 Å². The van der Waals surface area contributed by atoms with Crippen LogP contribution in [0, 0.1) is 0 Å². The SMILES string of the molecule is CCOc1cc(Br)c(CC(=O)NC2CCN(Cc3ccccn3)CC2)cc1OCC. The van der Waals surface area contributed by atoms with Crippen LogP contribution in [-0.2, 0) is 17.8 Å². The fourth-order valence-corrected chi connectivity index (χ4v) is 4.12. The molecule has 6 nitrogen and oxygen atoms in total. The lowest BCUT2D eigenvalue weighted by Crippen LogP contribution is -2.44. The van der Waals surface area contributed by atoms with Gasteiger partial charge in [-0.15, -0.1) is 0 Å². The zero-order chi connectivity index (χ0) is 21.3. The maximum absolute atomic E-state index is 12.7. The van der Waals surface area contributed by atoms with Gasteiger partial charge in [0.15, 0.2) is 11.5 Å². The number of nitrogens with zero attached hydrogens (tertiary/aromatic N) is 2. The Morgan fingerprint density at radius 3 is 2.50 bits per heavy atom. The van der Waals surface area contributed by atoms with E-state index in [0.29, 0.717) is 31.1 Å². The van der Waals surface area contributed by atoms with Crippen LogP contribution < -0.4 is 14.8 Å². The summed E-state index contributed by atoms with van der Waals surface area (Å²) in [6.45, 7) is 7.76. The topological polar surface area (TPSA) is 63.7 Å². The molecular formula is C23H30BrN3O3. The van der Waals surface area contributed by atoms with Crippen molar-refractivity contribution in [3.05, 3.63) is 52.3 Å². The molecule has 1 aliphatic heterocycles. The highest BCUT2D eigenvalue weighted by Gasteiger charge is 2.22. The molecule has 0 aliphatic carbocycles. The summed E-state index contributed by atoms with van der Waals surface area (Å²) in [4.78, 5) is 19.4. The Hall–Kier alpha value is -2.12. The van der Waals surface area contributed by atoms with Crippen molar-refractivity contribution in [3.63, 3.8) is 0 Å². The molecule has 0 saturated carbocycles. The summed E-state index contributed by atoms with van der Waals surface area (Å²) < 4.78 is 12.2. The smallest absolute Gasteiger partial charge is 0.224 e. The molecule has 1 saturated heterocycles. The predicted octanol–water partition coefficient (Wildman–Crippen LogP) is 3.96. The highest BCUT2D eigenvalue weighted by Crippen LogP contribution is 2.34. The molecule has 1 fully saturated rings. The van der Waals surface area contributed by atoms with Crippen molar-refractivity contribution in [2.75, 3.05) is 26.3 Å². The summed E-state index contributed by atoms with van der Waals surface area (Å²) in [6.07, 6.45) is 4.04. The number of aromatic nitrogens is 1. The quantitative estimate of drug-likeness (QED) is 0.594. The molecule has 0 unspecified atom stereocenters. The van der Waals surface area contributed by atoms with E-state index in [1.165, 1.54) is 0 Å². The van der Waals surface area contributed by atoms with E-state index >= 15 is 0 Å². The van der Waals surface area contributed by atoms with E-state index < -0.39 is 0 Å². The lowest BCUT2D eigenvalue weighted by molar-refractivity contribution is -0.121. The largest absolute Gasteiger partial charge is 0.490 e. The van der Waals surface area contributed by atoms with Crippen LogP contribution in [0.4, 0.5) is 0 Å². The number of amides is 1. The maximum Gasteiger partial charge on any atom is 0.224 e. The van der Waals surface area contributed by atoms with Crippen LogP contribution in [0.2, 0.25) is 0 Å². The molecule has 1 aliphatic rings. The Morgan fingerprint density at radius 1 is 1.17 bits per heavy atom. The van der Waals surface area contributed by atoms with Crippen LogP contribution in [-0.4, -0.2) is 48.1 Å². The molecule has 162 valence electrons. The van der Waals surface area contributed by atoms with Crippen LogP contribution in [0.1, 0.15) is 37.9 Å². The van der Waals surface area contributed by atoms with Crippen molar-refractivity contribution in [3.8, 4) is 11.5 Å². The van der Waals surface area contributed by atoms with Crippen LogP contribution in [0.15, 0.2) is 41.0 Å². The number of pyridine rings is 1. The van der Waals surface area contributed by atoms with Gasteiger partial charge in [0.2, 0.25) is 5.91 Å². The molecule has 1 aromatic carbocycles. The molecule has 0 radical (unpaired) electrons. The third kappa shape index (κ3) is 6.44. The van der Waals surface area contributed by atoms with E-state index in [9.17, 15) is 4.79 Å². The minimum atomic E-state index is 0.0329. The Morgan fingerprint density at radius 2 is 1.87 bits per heavy atom. The molecule has 1 N–H and O–H groups in total. The van der Waals surface area contributed by atoms with Gasteiger partial charge in [-0.05, 0) is 56.5 Å². The second-order valence-corrected chi connectivity index (χ2v) is 8.23. The standard InChI is InChI=1S/C23H30BrN3O3/c1-3-29-21-13-17(20(24)15-22(21)30-4-2)14-23(28)26-18-8-11-27(12-9-18)16-19-7-5-6-10-25-19/h5-7,10,13,15,18H,3-4,8-9,11-12,14,16H2,1-2H3,(H,26,28). The highest BCUT2D eigenvalue weighted by molar-refractivity contribution is 9.10. The summed E-state index contributed by atoms with van der Waals surface area (Å²) >= 11 is 3.57. The summed E-state index contributed by atoms with van der Waals surface area (Å²) in [5.41, 5.74) is 1.98. The lowest BCUT2D eigenvalue weighted by Gasteiger charge is -2.32. The van der Waals surface area contributed by atoms with E-state index in [1.54, 1.807) is 0 Å². The number of likely N-dealkylation sites (tertiary alicyclic amines) is 1. The number of halogens is 1. The average molecular weight is 476 g/mol. The molecule has 1 aromatic heterocycles. The zero-order valence-electron chi connectivity index (χ0n) is 17.7. The number of ether oxygens (including phenoxy) is 2. The van der Waals surface area contributed by atoms with Gasteiger partial charge in [-0.2, -0.15) is 0 Å². The van der Waals surface area contributed by atoms with Gasteiger partial charge >= 0.3 is 0 Å². The Labute approximate surface area is 187 Å². The zero-order valence-corrected chi connectivity index (χ0v) is 19.3. The lowest BCUT2D eigenvalue weighted by atomic mass is 10.0. The minimum Gasteiger partial charge on any atom is -0.490 e. The Kier molecular flexibility index (Phi) is 8.51. The molecule has 7 heteroatoms. The number of rotatable bonds is 9. The van der Waals surface area contributed by atoms with E-state index in [2.05, 4.69) is 37.2 Å². The van der Waals surface area contributed by atoms with Crippen molar-refractivity contribution in [1.29, 1.82) is 0 Å². The average Bonchev–Trinajstić information content (AvgIpc) is 2.74. The maximum atomic E-state index is 12.7. The second-order valence-electron chi connectivity index (χ2n) is 7.37. The van der Waals surface area contributed by atoms with E-state index in [1.807, 2.05) is 44.3 Å². The summed E-state index contributed by atoms with van der Waals surface area (Å²) in [6, 6.07) is 10.0. The number of piperidine rings is 1. The number of hydrogen-bond donors (Lipinski definition) is 1. The first-order valence-corrected chi connectivity index (χ1v) is 11.4. The molecule has 1 amide bonds. The van der Waals surface area contributed by atoms with Crippen LogP contribution >= 0.6 is 15.9 Å². The van der Waals surface area contributed by atoms with Crippen LogP contribution in [0.3, 0.4) is 0 Å². The van der Waals surface area contributed by atoms with Gasteiger partial charge in [-0.1, -0.05) is 22.0 Å². The number of nitrogens with one attached hydrogen (secondary N) is 1. The van der Waals surface area contributed by atoms with E-state index in [-0.39, 0.29) is 11.9 Å². The van der Waals surface area contributed by atoms with Crippen molar-refractivity contribution in [1.82, 2.24) is 15.2 Å². The van der Waals surface area contributed by atoms with Gasteiger partial charge in [0.1, 0.15) is 0 Å². The molecular weight excluding hydrogens is 446 g/mol. The Balaban J connectivity index is 1.51. The van der Waals surface area contributed by atoms with Gasteiger partial charge in [0.25, 0.3) is 0 Å².